The predicted molar refractivity (Wildman–Crippen MR) is 77.2 cm³/mol. The summed E-state index contributed by atoms with van der Waals surface area (Å²) < 4.78 is 0. The van der Waals surface area contributed by atoms with Gasteiger partial charge in [0.05, 0.1) is 0 Å². The number of nitrogens with zero attached hydrogens (tertiary/aromatic N) is 1. The normalized spacial score (nSPS) is 22.8. The van der Waals surface area contributed by atoms with Crippen molar-refractivity contribution in [3.8, 4) is 0 Å². The van der Waals surface area contributed by atoms with Crippen molar-refractivity contribution in [3.63, 3.8) is 0 Å². The fourth-order valence-corrected chi connectivity index (χ4v) is 2.80. The quantitative estimate of drug-likeness (QED) is 0.801. The van der Waals surface area contributed by atoms with Crippen LogP contribution in [-0.2, 0) is 10.2 Å². The fourth-order valence-electron chi connectivity index (χ4n) is 2.80. The van der Waals surface area contributed by atoms with Crippen molar-refractivity contribution in [2.24, 2.45) is 0 Å². The summed E-state index contributed by atoms with van der Waals surface area (Å²) in [4.78, 5) is 14.2. The lowest BCUT2D eigenvalue weighted by atomic mass is 9.82. The number of hydrogen-bond donors (Lipinski definition) is 0. The van der Waals surface area contributed by atoms with Gasteiger partial charge in [-0.05, 0) is 17.7 Å². The number of para-hydroxylation sites is 1. The van der Waals surface area contributed by atoms with Gasteiger partial charge < -0.3 is 4.90 Å². The number of anilines is 1. The van der Waals surface area contributed by atoms with E-state index in [1.807, 2.05) is 53.4 Å². The number of amides is 1. The molecule has 3 rings (SSSR count). The minimum absolute atomic E-state index is 0.0891. The lowest BCUT2D eigenvalue weighted by Crippen LogP contribution is -2.29. The second-order valence-electron chi connectivity index (χ2n) is 5.42. The van der Waals surface area contributed by atoms with Crippen LogP contribution in [0.5, 0.6) is 0 Å². The number of rotatable bonds is 2. The van der Waals surface area contributed by atoms with Gasteiger partial charge in [0.15, 0.2) is 0 Å². The Hall–Kier alpha value is -2.09. The zero-order chi connectivity index (χ0) is 13.3. The molecule has 1 amide bonds. The van der Waals surface area contributed by atoms with Crippen molar-refractivity contribution < 1.29 is 4.79 Å². The summed E-state index contributed by atoms with van der Waals surface area (Å²) in [6.45, 7) is 2.92. The second kappa shape index (κ2) is 4.54. The van der Waals surface area contributed by atoms with Crippen molar-refractivity contribution in [2.45, 2.75) is 18.8 Å². The van der Waals surface area contributed by atoms with Crippen LogP contribution in [0, 0.1) is 0 Å². The average Bonchev–Trinajstić information content (AvgIpc) is 2.77. The SMILES string of the molecule is CC1(c2ccccc2)CC(=O)N(c2ccccc2)C1. The topological polar surface area (TPSA) is 20.3 Å². The molecule has 0 N–H and O–H groups in total. The highest BCUT2D eigenvalue weighted by Crippen LogP contribution is 2.36. The van der Waals surface area contributed by atoms with Crippen LogP contribution < -0.4 is 4.90 Å². The Balaban J connectivity index is 1.92. The molecule has 1 atom stereocenters. The van der Waals surface area contributed by atoms with Crippen molar-refractivity contribution in [1.29, 1.82) is 0 Å². The van der Waals surface area contributed by atoms with E-state index in [2.05, 4.69) is 19.1 Å². The van der Waals surface area contributed by atoms with Gasteiger partial charge in [-0.2, -0.15) is 0 Å². The third-order valence-corrected chi connectivity index (χ3v) is 3.89. The van der Waals surface area contributed by atoms with Crippen LogP contribution in [-0.4, -0.2) is 12.5 Å². The summed E-state index contributed by atoms with van der Waals surface area (Å²) in [5, 5.41) is 0. The monoisotopic (exact) mass is 251 g/mol. The van der Waals surface area contributed by atoms with Crippen LogP contribution in [0.25, 0.3) is 0 Å². The second-order valence-corrected chi connectivity index (χ2v) is 5.42. The van der Waals surface area contributed by atoms with E-state index in [1.165, 1.54) is 5.56 Å². The van der Waals surface area contributed by atoms with Crippen LogP contribution in [0.1, 0.15) is 18.9 Å². The van der Waals surface area contributed by atoms with E-state index in [0.29, 0.717) is 6.42 Å². The van der Waals surface area contributed by atoms with Crippen LogP contribution in [0.3, 0.4) is 0 Å². The van der Waals surface area contributed by atoms with Gasteiger partial charge >= 0.3 is 0 Å². The van der Waals surface area contributed by atoms with E-state index in [0.717, 1.165) is 12.2 Å². The van der Waals surface area contributed by atoms with Crippen molar-refractivity contribution in [3.05, 3.63) is 66.2 Å². The minimum atomic E-state index is -0.0891. The first-order valence-electron chi connectivity index (χ1n) is 6.60. The van der Waals surface area contributed by atoms with Crippen molar-refractivity contribution >= 4 is 11.6 Å². The summed E-state index contributed by atoms with van der Waals surface area (Å²) in [5.74, 6) is 0.206. The summed E-state index contributed by atoms with van der Waals surface area (Å²) in [7, 11) is 0. The number of benzene rings is 2. The zero-order valence-corrected chi connectivity index (χ0v) is 11.0. The minimum Gasteiger partial charge on any atom is -0.312 e. The highest BCUT2D eigenvalue weighted by atomic mass is 16.2. The molecule has 2 aromatic rings. The zero-order valence-electron chi connectivity index (χ0n) is 11.0. The maximum atomic E-state index is 12.3. The molecule has 1 aliphatic heterocycles. The van der Waals surface area contributed by atoms with Crippen molar-refractivity contribution in [2.75, 3.05) is 11.4 Å². The number of hydrogen-bond acceptors (Lipinski definition) is 1. The lowest BCUT2D eigenvalue weighted by Gasteiger charge is -2.24. The molecule has 0 spiro atoms. The molecule has 2 nitrogen and oxygen atoms in total. The number of carbonyl (C=O) groups is 1. The molecule has 0 saturated carbocycles. The van der Waals surface area contributed by atoms with Gasteiger partial charge in [0.25, 0.3) is 0 Å². The highest BCUT2D eigenvalue weighted by Gasteiger charge is 2.41. The van der Waals surface area contributed by atoms with Crippen molar-refractivity contribution in [1.82, 2.24) is 0 Å². The fraction of sp³-hybridized carbons (Fsp3) is 0.235. The molecule has 0 radical (unpaired) electrons. The summed E-state index contributed by atoms with van der Waals surface area (Å²) in [6.07, 6.45) is 0.575. The molecule has 1 unspecified atom stereocenters. The van der Waals surface area contributed by atoms with E-state index in [4.69, 9.17) is 0 Å². The first-order chi connectivity index (χ1) is 9.19. The Morgan fingerprint density at radius 2 is 1.53 bits per heavy atom. The van der Waals surface area contributed by atoms with E-state index < -0.39 is 0 Å². The van der Waals surface area contributed by atoms with E-state index in [9.17, 15) is 4.79 Å². The smallest absolute Gasteiger partial charge is 0.227 e. The molecule has 1 fully saturated rings. The molecule has 1 saturated heterocycles. The van der Waals surface area contributed by atoms with Gasteiger partial charge in [-0.1, -0.05) is 55.5 Å². The van der Waals surface area contributed by atoms with Gasteiger partial charge in [-0.25, -0.2) is 0 Å². The van der Waals surface area contributed by atoms with Gasteiger partial charge in [-0.15, -0.1) is 0 Å². The lowest BCUT2D eigenvalue weighted by molar-refractivity contribution is -0.117. The van der Waals surface area contributed by atoms with Gasteiger partial charge in [0.1, 0.15) is 0 Å². The predicted octanol–water partition coefficient (Wildman–Crippen LogP) is 3.38. The van der Waals surface area contributed by atoms with Crippen LogP contribution in [0.4, 0.5) is 5.69 Å². The Labute approximate surface area is 113 Å². The molecule has 1 aliphatic rings. The maximum Gasteiger partial charge on any atom is 0.227 e. The maximum absolute atomic E-state index is 12.3. The Morgan fingerprint density at radius 3 is 2.16 bits per heavy atom. The van der Waals surface area contributed by atoms with E-state index in [-0.39, 0.29) is 11.3 Å². The highest BCUT2D eigenvalue weighted by molar-refractivity contribution is 5.97. The Bertz CT molecular complexity index is 579. The summed E-state index contributed by atoms with van der Waals surface area (Å²) in [6, 6.07) is 20.2. The van der Waals surface area contributed by atoms with E-state index >= 15 is 0 Å². The van der Waals surface area contributed by atoms with E-state index in [1.54, 1.807) is 0 Å². The molecule has 2 heteroatoms. The first-order valence-corrected chi connectivity index (χ1v) is 6.60. The van der Waals surface area contributed by atoms with Crippen LogP contribution in [0.15, 0.2) is 60.7 Å². The molecule has 0 bridgehead atoms. The molecule has 0 aromatic heterocycles. The molecule has 19 heavy (non-hydrogen) atoms. The standard InChI is InChI=1S/C17H17NO/c1-17(14-8-4-2-5-9-14)12-16(19)18(13-17)15-10-6-3-7-11-15/h2-11H,12-13H2,1H3. The van der Waals surface area contributed by atoms with Gasteiger partial charge in [0.2, 0.25) is 5.91 Å². The largest absolute Gasteiger partial charge is 0.312 e. The van der Waals surface area contributed by atoms with Crippen LogP contribution in [0.2, 0.25) is 0 Å². The molecular formula is C17H17NO. The Kier molecular flexibility index (Phi) is 2.86. The summed E-state index contributed by atoms with van der Waals surface area (Å²) in [5.41, 5.74) is 2.14. The average molecular weight is 251 g/mol. The molecule has 0 aliphatic carbocycles. The third kappa shape index (κ3) is 2.14. The molecular weight excluding hydrogens is 234 g/mol. The first kappa shape index (κ1) is 12.0. The Morgan fingerprint density at radius 1 is 0.947 bits per heavy atom. The number of carbonyl (C=O) groups excluding carboxylic acids is 1. The molecule has 2 aromatic carbocycles. The molecule has 1 heterocycles. The van der Waals surface area contributed by atoms with Gasteiger partial charge in [-0.3, -0.25) is 4.79 Å². The van der Waals surface area contributed by atoms with Gasteiger partial charge in [0, 0.05) is 24.1 Å². The molecule has 96 valence electrons. The summed E-state index contributed by atoms with van der Waals surface area (Å²) >= 11 is 0. The third-order valence-electron chi connectivity index (χ3n) is 3.89. The van der Waals surface area contributed by atoms with Crippen LogP contribution >= 0.6 is 0 Å².